The van der Waals surface area contributed by atoms with E-state index in [9.17, 15) is 0 Å². The van der Waals surface area contributed by atoms with E-state index in [1.807, 2.05) is 52.0 Å². The summed E-state index contributed by atoms with van der Waals surface area (Å²) in [5, 5.41) is 0. The molecule has 0 heteroatoms. The summed E-state index contributed by atoms with van der Waals surface area (Å²) >= 11 is 0. The fraction of sp³-hybridized carbons (Fsp3) is 0.133. The van der Waals surface area contributed by atoms with E-state index in [0.29, 0.717) is 0 Å². The molecule has 0 amide bonds. The minimum Gasteiger partial charge on any atom is -0.0990 e. The molecule has 4 rings (SSSR count). The highest BCUT2D eigenvalue weighted by Gasteiger charge is 2.26. The maximum Gasteiger partial charge on any atom is -0.00143 e. The fourth-order valence-corrected chi connectivity index (χ4v) is 3.73. The molecule has 0 bridgehead atoms. The van der Waals surface area contributed by atoms with Gasteiger partial charge >= 0.3 is 0 Å². The van der Waals surface area contributed by atoms with E-state index >= 15 is 0 Å². The smallest absolute Gasteiger partial charge is 0.00143 e. The molecule has 30 heavy (non-hydrogen) atoms. The first-order valence-corrected chi connectivity index (χ1v) is 10.8. The Balaban J connectivity index is 0.000000757. The average molecular weight is 393 g/mol. The molecular formula is C30H32. The van der Waals surface area contributed by atoms with Crippen molar-refractivity contribution in [3.05, 3.63) is 133 Å². The summed E-state index contributed by atoms with van der Waals surface area (Å²) in [5.74, 6) is 0. The van der Waals surface area contributed by atoms with Gasteiger partial charge in [-0.25, -0.2) is 0 Å². The number of fused-ring (bicyclic) bond motifs is 3. The van der Waals surface area contributed by atoms with Crippen molar-refractivity contribution in [3.8, 4) is 11.1 Å². The van der Waals surface area contributed by atoms with Gasteiger partial charge in [-0.1, -0.05) is 138 Å². The normalized spacial score (nSPS) is 11.1. The zero-order chi connectivity index (χ0) is 21.9. The van der Waals surface area contributed by atoms with Crippen molar-refractivity contribution in [2.45, 2.75) is 27.7 Å². The molecule has 3 aromatic carbocycles. The molecule has 0 atom stereocenters. The van der Waals surface area contributed by atoms with Gasteiger partial charge in [0.05, 0.1) is 0 Å². The summed E-state index contributed by atoms with van der Waals surface area (Å²) in [6.45, 7) is 16.0. The number of benzene rings is 3. The van der Waals surface area contributed by atoms with Crippen molar-refractivity contribution in [1.82, 2.24) is 0 Å². The molecule has 0 N–H and O–H groups in total. The summed E-state index contributed by atoms with van der Waals surface area (Å²) in [6.07, 6.45) is 5.78. The molecule has 0 saturated heterocycles. The molecular weight excluding hydrogens is 360 g/mol. The van der Waals surface area contributed by atoms with Gasteiger partial charge in [-0.3, -0.25) is 0 Å². The fourth-order valence-electron chi connectivity index (χ4n) is 3.73. The summed E-state index contributed by atoms with van der Waals surface area (Å²) in [5.41, 5.74) is 9.82. The van der Waals surface area contributed by atoms with Gasteiger partial charge in [-0.05, 0) is 44.5 Å². The highest BCUT2D eigenvalue weighted by molar-refractivity contribution is 6.14. The summed E-state index contributed by atoms with van der Waals surface area (Å²) in [6, 6.07) is 27.8. The van der Waals surface area contributed by atoms with E-state index in [2.05, 4.69) is 86.0 Å². The molecule has 152 valence electrons. The number of hydrogen-bond acceptors (Lipinski definition) is 0. The van der Waals surface area contributed by atoms with Gasteiger partial charge in [0.2, 0.25) is 0 Å². The van der Waals surface area contributed by atoms with Crippen molar-refractivity contribution in [3.63, 3.8) is 0 Å². The van der Waals surface area contributed by atoms with Crippen LogP contribution in [0.3, 0.4) is 0 Å². The number of hydrogen-bond donors (Lipinski definition) is 0. The molecule has 0 fully saturated rings. The van der Waals surface area contributed by atoms with E-state index in [1.54, 1.807) is 0 Å². The first-order valence-electron chi connectivity index (χ1n) is 10.8. The molecule has 0 radical (unpaired) electrons. The summed E-state index contributed by atoms with van der Waals surface area (Å²) < 4.78 is 0. The first-order chi connectivity index (χ1) is 14.8. The minimum atomic E-state index is 1.08. The zero-order valence-electron chi connectivity index (χ0n) is 18.7. The Hall–Kier alpha value is -3.38. The number of rotatable bonds is 4. The van der Waals surface area contributed by atoms with Crippen molar-refractivity contribution < 1.29 is 0 Å². The van der Waals surface area contributed by atoms with Gasteiger partial charge in [0.15, 0.2) is 0 Å². The second-order valence-electron chi connectivity index (χ2n) is 6.27. The maximum atomic E-state index is 4.06. The molecule has 0 aliphatic heterocycles. The number of allylic oxidation sites excluding steroid dienone is 5. The predicted molar refractivity (Wildman–Crippen MR) is 135 cm³/mol. The standard InChI is InChI=1S/C26H20.2C2H6/c1-3-12-19(4-2)25(20-13-6-5-7-14-20)26-23-17-10-8-15-21(23)22-16-9-11-18-24(22)26;2*1-2/h3-18H,1-2H2;2*1-2H3/b19-12+;;. The molecule has 1 aliphatic rings. The van der Waals surface area contributed by atoms with E-state index in [4.69, 9.17) is 0 Å². The van der Waals surface area contributed by atoms with Crippen molar-refractivity contribution >= 4 is 11.1 Å². The monoisotopic (exact) mass is 392 g/mol. The van der Waals surface area contributed by atoms with E-state index in [1.165, 1.54) is 39.0 Å². The largest absolute Gasteiger partial charge is 0.0990 e. The van der Waals surface area contributed by atoms with Crippen molar-refractivity contribution in [1.29, 1.82) is 0 Å². The molecule has 0 aromatic heterocycles. The van der Waals surface area contributed by atoms with Crippen LogP contribution in [0, 0.1) is 0 Å². The minimum absolute atomic E-state index is 1.08. The summed E-state index contributed by atoms with van der Waals surface area (Å²) in [7, 11) is 0. The predicted octanol–water partition coefficient (Wildman–Crippen LogP) is 8.98. The van der Waals surface area contributed by atoms with Gasteiger partial charge in [0.25, 0.3) is 0 Å². The van der Waals surface area contributed by atoms with Crippen molar-refractivity contribution in [2.24, 2.45) is 0 Å². The molecule has 0 heterocycles. The van der Waals surface area contributed by atoms with Gasteiger partial charge in [0.1, 0.15) is 0 Å². The van der Waals surface area contributed by atoms with Crippen LogP contribution in [-0.2, 0) is 0 Å². The quantitative estimate of drug-likeness (QED) is 0.304. The van der Waals surface area contributed by atoms with Crippen LogP contribution in [0.2, 0.25) is 0 Å². The Kier molecular flexibility index (Phi) is 8.84. The van der Waals surface area contributed by atoms with Gasteiger partial charge in [0, 0.05) is 0 Å². The Morgan fingerprint density at radius 2 is 1.03 bits per heavy atom. The third-order valence-corrected chi connectivity index (χ3v) is 4.80. The van der Waals surface area contributed by atoms with E-state index in [-0.39, 0.29) is 0 Å². The lowest BCUT2D eigenvalue weighted by molar-refractivity contribution is 1.50. The van der Waals surface area contributed by atoms with Crippen LogP contribution < -0.4 is 0 Å². The average Bonchev–Trinajstić information content (AvgIpc) is 3.16. The van der Waals surface area contributed by atoms with Crippen LogP contribution in [0.4, 0.5) is 0 Å². The SMILES string of the molecule is C=C/C=C(\C=C)C(=C1c2ccccc2-c2ccccc21)c1ccccc1.CC.CC. The van der Waals surface area contributed by atoms with Gasteiger partial charge < -0.3 is 0 Å². The Bertz CT molecular complexity index is 999. The third kappa shape index (κ3) is 4.44. The van der Waals surface area contributed by atoms with Crippen molar-refractivity contribution in [2.75, 3.05) is 0 Å². The van der Waals surface area contributed by atoms with Gasteiger partial charge in [-0.15, -0.1) is 0 Å². The molecule has 1 aliphatic carbocycles. The van der Waals surface area contributed by atoms with Crippen LogP contribution in [0.1, 0.15) is 44.4 Å². The van der Waals surface area contributed by atoms with Crippen LogP contribution in [0.15, 0.2) is 116 Å². The van der Waals surface area contributed by atoms with Crippen LogP contribution in [0.25, 0.3) is 22.3 Å². The highest BCUT2D eigenvalue weighted by atomic mass is 14.3. The van der Waals surface area contributed by atoms with E-state index in [0.717, 1.165) is 5.57 Å². The molecule has 0 nitrogen and oxygen atoms in total. The molecule has 0 spiro atoms. The lowest BCUT2D eigenvalue weighted by Gasteiger charge is -2.15. The highest BCUT2D eigenvalue weighted by Crippen LogP contribution is 2.48. The van der Waals surface area contributed by atoms with E-state index < -0.39 is 0 Å². The Morgan fingerprint density at radius 1 is 0.600 bits per heavy atom. The summed E-state index contributed by atoms with van der Waals surface area (Å²) in [4.78, 5) is 0. The third-order valence-electron chi connectivity index (χ3n) is 4.80. The van der Waals surface area contributed by atoms with Crippen LogP contribution in [0.5, 0.6) is 0 Å². The Labute approximate surface area is 182 Å². The second-order valence-corrected chi connectivity index (χ2v) is 6.27. The van der Waals surface area contributed by atoms with Crippen LogP contribution >= 0.6 is 0 Å². The molecule has 0 unspecified atom stereocenters. The van der Waals surface area contributed by atoms with Crippen LogP contribution in [-0.4, -0.2) is 0 Å². The lowest BCUT2D eigenvalue weighted by atomic mass is 9.88. The maximum absolute atomic E-state index is 4.06. The van der Waals surface area contributed by atoms with Gasteiger partial charge in [-0.2, -0.15) is 0 Å². The second kappa shape index (κ2) is 11.6. The Morgan fingerprint density at radius 3 is 1.47 bits per heavy atom. The molecule has 3 aromatic rings. The first kappa shape index (κ1) is 22.9. The molecule has 0 saturated carbocycles. The topological polar surface area (TPSA) is 0 Å². The lowest BCUT2D eigenvalue weighted by Crippen LogP contribution is -1.94. The zero-order valence-corrected chi connectivity index (χ0v) is 18.7.